The molecule has 0 aliphatic rings. The Labute approximate surface area is 118 Å². The lowest BCUT2D eigenvalue weighted by molar-refractivity contribution is -0.885. The van der Waals surface area contributed by atoms with Crippen LogP contribution in [0.4, 0.5) is 0 Å². The lowest BCUT2D eigenvalue weighted by atomic mass is 10.2. The molecule has 0 bridgehead atoms. The van der Waals surface area contributed by atoms with Gasteiger partial charge >= 0.3 is 0 Å². The van der Waals surface area contributed by atoms with Crippen molar-refractivity contribution >= 4 is 10.8 Å². The molecule has 0 unspecified atom stereocenters. The molecule has 102 valence electrons. The molecule has 2 heterocycles. The summed E-state index contributed by atoms with van der Waals surface area (Å²) in [5, 5.41) is 2.41. The van der Waals surface area contributed by atoms with Crippen molar-refractivity contribution in [1.82, 2.24) is 0 Å². The van der Waals surface area contributed by atoms with Crippen molar-refractivity contribution < 1.29 is 19.1 Å². The lowest BCUT2D eigenvalue weighted by Crippen LogP contribution is -2.39. The summed E-state index contributed by atoms with van der Waals surface area (Å²) in [6.45, 7) is 0. The van der Waals surface area contributed by atoms with Gasteiger partial charge in [0.25, 0.3) is 0 Å². The highest BCUT2D eigenvalue weighted by Gasteiger charge is 1.99. The molecule has 4 nitrogen and oxygen atoms in total. The van der Waals surface area contributed by atoms with Crippen LogP contribution in [0.5, 0.6) is 0 Å². The first-order chi connectivity index (χ1) is 9.83. The average Bonchev–Trinajstić information content (AvgIpc) is 2.55. The molecule has 0 atom stereocenters. The topological polar surface area (TPSA) is 26.2 Å². The lowest BCUT2D eigenvalue weighted by Gasteiger charge is -1.93. The molecule has 0 aliphatic heterocycles. The summed E-state index contributed by atoms with van der Waals surface area (Å²) in [7, 11) is 3.27. The number of hydrogen-bond acceptors (Lipinski definition) is 2. The Kier molecular flexibility index (Phi) is 4.89. The van der Waals surface area contributed by atoms with E-state index in [1.165, 1.54) is 10.8 Å². The number of nitrogens with zero attached hydrogens (tertiary/aromatic N) is 2. The molecular formula is C16H18N2O2+2. The number of rotatable bonds is 2. The van der Waals surface area contributed by atoms with Gasteiger partial charge in [0.2, 0.25) is 24.8 Å². The molecule has 0 radical (unpaired) electrons. The summed E-state index contributed by atoms with van der Waals surface area (Å²) in [5.41, 5.74) is 0. The van der Waals surface area contributed by atoms with Crippen LogP contribution in [0.15, 0.2) is 73.3 Å². The highest BCUT2D eigenvalue weighted by atomic mass is 16.6. The van der Waals surface area contributed by atoms with Crippen LogP contribution < -0.4 is 19.1 Å². The summed E-state index contributed by atoms with van der Waals surface area (Å²) in [5.74, 6) is 0. The van der Waals surface area contributed by atoms with E-state index in [-0.39, 0.29) is 0 Å². The van der Waals surface area contributed by atoms with E-state index in [1.54, 1.807) is 23.7 Å². The standard InChI is InChI=1S/C10H10NO.C6H8NO/c1-12-11-7-6-9-4-2-3-5-10(9)8-11;1-8-7-5-3-2-4-6-7/h2-8H,1H3;2-6H,1H3/q2*+1. The van der Waals surface area contributed by atoms with Gasteiger partial charge in [0.15, 0.2) is 0 Å². The molecule has 0 fully saturated rings. The van der Waals surface area contributed by atoms with Crippen LogP contribution in [0.25, 0.3) is 10.8 Å². The molecule has 3 aromatic rings. The predicted molar refractivity (Wildman–Crippen MR) is 75.8 cm³/mol. The van der Waals surface area contributed by atoms with E-state index in [0.717, 1.165) is 0 Å². The normalized spacial score (nSPS) is 9.50. The highest BCUT2D eigenvalue weighted by Crippen LogP contribution is 2.08. The SMILES string of the molecule is CO[n+]1ccc2ccccc2c1.CO[n+]1ccccc1. The third-order valence-electron chi connectivity index (χ3n) is 2.77. The Balaban J connectivity index is 0.000000160. The minimum atomic E-state index is 1.18. The summed E-state index contributed by atoms with van der Waals surface area (Å²) in [6, 6.07) is 16.0. The smallest absolute Gasteiger partial charge is 0.230 e. The van der Waals surface area contributed by atoms with Gasteiger partial charge in [-0.2, -0.15) is 0 Å². The Hall–Kier alpha value is -2.62. The molecule has 0 saturated carbocycles. The zero-order valence-electron chi connectivity index (χ0n) is 11.6. The van der Waals surface area contributed by atoms with Crippen molar-refractivity contribution in [2.75, 3.05) is 14.2 Å². The van der Waals surface area contributed by atoms with Gasteiger partial charge < -0.3 is 0 Å². The Morgan fingerprint density at radius 2 is 1.30 bits per heavy atom. The molecule has 2 aromatic heterocycles. The fourth-order valence-corrected chi connectivity index (χ4v) is 1.73. The summed E-state index contributed by atoms with van der Waals surface area (Å²) in [6.07, 6.45) is 7.51. The van der Waals surface area contributed by atoms with Crippen molar-refractivity contribution in [3.05, 3.63) is 73.3 Å². The average molecular weight is 270 g/mol. The highest BCUT2D eigenvalue weighted by molar-refractivity contribution is 5.80. The first kappa shape index (κ1) is 13.8. The van der Waals surface area contributed by atoms with Gasteiger partial charge in [0, 0.05) is 27.7 Å². The van der Waals surface area contributed by atoms with Crippen LogP contribution in [0.1, 0.15) is 0 Å². The molecule has 4 heteroatoms. The molecule has 1 aromatic carbocycles. The van der Waals surface area contributed by atoms with Gasteiger partial charge in [-0.05, 0) is 11.5 Å². The fourth-order valence-electron chi connectivity index (χ4n) is 1.73. The third kappa shape index (κ3) is 3.68. The zero-order valence-corrected chi connectivity index (χ0v) is 11.6. The molecule has 0 aliphatic carbocycles. The van der Waals surface area contributed by atoms with Gasteiger partial charge in [-0.25, -0.2) is 0 Å². The molecule has 0 saturated heterocycles. The maximum atomic E-state index is 5.04. The number of fused-ring (bicyclic) bond motifs is 1. The monoisotopic (exact) mass is 270 g/mol. The Bertz CT molecular complexity index is 657. The fraction of sp³-hybridized carbons (Fsp3) is 0.125. The van der Waals surface area contributed by atoms with E-state index < -0.39 is 0 Å². The minimum Gasteiger partial charge on any atom is -0.275 e. The van der Waals surface area contributed by atoms with Crippen LogP contribution in [-0.4, -0.2) is 14.2 Å². The van der Waals surface area contributed by atoms with Crippen molar-refractivity contribution in [2.24, 2.45) is 0 Å². The molecule has 3 rings (SSSR count). The predicted octanol–water partition coefficient (Wildman–Crippen LogP) is 1.22. The summed E-state index contributed by atoms with van der Waals surface area (Å²) in [4.78, 5) is 9.87. The van der Waals surface area contributed by atoms with Gasteiger partial charge in [-0.15, -0.1) is 0 Å². The van der Waals surface area contributed by atoms with Crippen LogP contribution in [-0.2, 0) is 0 Å². The Morgan fingerprint density at radius 3 is 1.90 bits per heavy atom. The minimum absolute atomic E-state index is 1.18. The molecule has 0 spiro atoms. The number of pyridine rings is 2. The van der Waals surface area contributed by atoms with Crippen LogP contribution in [0.2, 0.25) is 0 Å². The van der Waals surface area contributed by atoms with E-state index in [2.05, 4.69) is 12.1 Å². The van der Waals surface area contributed by atoms with E-state index in [4.69, 9.17) is 9.68 Å². The van der Waals surface area contributed by atoms with Crippen molar-refractivity contribution in [3.8, 4) is 0 Å². The quantitative estimate of drug-likeness (QED) is 0.654. The second-order valence-corrected chi connectivity index (χ2v) is 4.03. The van der Waals surface area contributed by atoms with E-state index in [0.29, 0.717) is 0 Å². The maximum Gasteiger partial charge on any atom is 0.230 e. The van der Waals surface area contributed by atoms with Crippen LogP contribution in [0.3, 0.4) is 0 Å². The molecule has 0 amide bonds. The first-order valence-electron chi connectivity index (χ1n) is 6.29. The number of hydrogen-bond donors (Lipinski definition) is 0. The molecule has 20 heavy (non-hydrogen) atoms. The zero-order chi connectivity index (χ0) is 14.2. The van der Waals surface area contributed by atoms with Gasteiger partial charge in [0.1, 0.15) is 14.2 Å². The molecular weight excluding hydrogens is 252 g/mol. The van der Waals surface area contributed by atoms with Crippen molar-refractivity contribution in [2.45, 2.75) is 0 Å². The van der Waals surface area contributed by atoms with E-state index >= 15 is 0 Å². The first-order valence-corrected chi connectivity index (χ1v) is 6.29. The third-order valence-corrected chi connectivity index (χ3v) is 2.77. The maximum absolute atomic E-state index is 5.04. The second kappa shape index (κ2) is 7.09. The van der Waals surface area contributed by atoms with Crippen molar-refractivity contribution in [3.63, 3.8) is 0 Å². The summed E-state index contributed by atoms with van der Waals surface area (Å²) >= 11 is 0. The van der Waals surface area contributed by atoms with Gasteiger partial charge in [-0.1, -0.05) is 24.3 Å². The van der Waals surface area contributed by atoms with E-state index in [1.807, 2.05) is 61.2 Å². The summed E-state index contributed by atoms with van der Waals surface area (Å²) < 4.78 is 3.31. The number of aromatic nitrogens is 2. The van der Waals surface area contributed by atoms with Crippen LogP contribution >= 0.6 is 0 Å². The largest absolute Gasteiger partial charge is 0.275 e. The number of benzene rings is 1. The van der Waals surface area contributed by atoms with Crippen molar-refractivity contribution in [1.29, 1.82) is 0 Å². The van der Waals surface area contributed by atoms with E-state index in [9.17, 15) is 0 Å². The second-order valence-electron chi connectivity index (χ2n) is 4.03. The molecule has 0 N–H and O–H groups in total. The van der Waals surface area contributed by atoms with Gasteiger partial charge in [-0.3, -0.25) is 9.68 Å². The van der Waals surface area contributed by atoms with Gasteiger partial charge in [0.05, 0.1) is 5.39 Å². The Morgan fingerprint density at radius 1 is 0.650 bits per heavy atom. The van der Waals surface area contributed by atoms with Crippen LogP contribution in [0, 0.1) is 0 Å².